The first kappa shape index (κ1) is 19.6. The van der Waals surface area contributed by atoms with Gasteiger partial charge >= 0.3 is 5.97 Å². The SMILES string of the molecule is Cc1ccc(Cl)cc1NC(=O)[C@H](C)OC(=O)c1ccc(-n2nccc2C)cc1. The van der Waals surface area contributed by atoms with Crippen LogP contribution in [-0.4, -0.2) is 27.8 Å². The molecule has 1 N–H and O–H groups in total. The summed E-state index contributed by atoms with van der Waals surface area (Å²) in [5, 5.41) is 7.46. The zero-order valence-corrected chi connectivity index (χ0v) is 16.5. The normalized spacial score (nSPS) is 11.7. The molecule has 0 spiro atoms. The van der Waals surface area contributed by atoms with Crippen molar-refractivity contribution in [1.29, 1.82) is 0 Å². The Morgan fingerprint density at radius 2 is 1.82 bits per heavy atom. The molecule has 6 nitrogen and oxygen atoms in total. The van der Waals surface area contributed by atoms with E-state index in [1.807, 2.05) is 19.9 Å². The van der Waals surface area contributed by atoms with Crippen LogP contribution in [0.15, 0.2) is 54.7 Å². The van der Waals surface area contributed by atoms with Gasteiger partial charge in [0.15, 0.2) is 6.10 Å². The predicted octanol–water partition coefficient (Wildman–Crippen LogP) is 4.33. The summed E-state index contributed by atoms with van der Waals surface area (Å²) >= 11 is 5.96. The van der Waals surface area contributed by atoms with E-state index in [1.54, 1.807) is 53.3 Å². The highest BCUT2D eigenvalue weighted by Gasteiger charge is 2.20. The monoisotopic (exact) mass is 397 g/mol. The highest BCUT2D eigenvalue weighted by molar-refractivity contribution is 6.31. The average molecular weight is 398 g/mol. The van der Waals surface area contributed by atoms with Crippen LogP contribution in [0, 0.1) is 13.8 Å². The fourth-order valence-corrected chi connectivity index (χ4v) is 2.80. The van der Waals surface area contributed by atoms with Crippen LogP contribution in [-0.2, 0) is 9.53 Å². The number of hydrogen-bond donors (Lipinski definition) is 1. The Labute approximate surface area is 168 Å². The lowest BCUT2D eigenvalue weighted by Crippen LogP contribution is -2.30. The molecule has 0 saturated heterocycles. The van der Waals surface area contributed by atoms with Crippen molar-refractivity contribution < 1.29 is 14.3 Å². The number of aromatic nitrogens is 2. The summed E-state index contributed by atoms with van der Waals surface area (Å²) in [5.41, 5.74) is 3.62. The Morgan fingerprint density at radius 3 is 2.46 bits per heavy atom. The number of anilines is 1. The molecule has 1 aromatic heterocycles. The second-order valence-electron chi connectivity index (χ2n) is 6.43. The Bertz CT molecular complexity index is 1010. The topological polar surface area (TPSA) is 73.2 Å². The Balaban J connectivity index is 1.64. The maximum atomic E-state index is 12.4. The Kier molecular flexibility index (Phi) is 5.80. The van der Waals surface area contributed by atoms with E-state index in [2.05, 4.69) is 10.4 Å². The number of benzene rings is 2. The van der Waals surface area contributed by atoms with Crippen molar-refractivity contribution in [2.24, 2.45) is 0 Å². The summed E-state index contributed by atoms with van der Waals surface area (Å²) < 4.78 is 7.05. The number of esters is 1. The summed E-state index contributed by atoms with van der Waals surface area (Å²) in [7, 11) is 0. The van der Waals surface area contributed by atoms with Gasteiger partial charge < -0.3 is 10.1 Å². The molecule has 0 bridgehead atoms. The van der Waals surface area contributed by atoms with Gasteiger partial charge in [0, 0.05) is 22.6 Å². The molecule has 7 heteroatoms. The van der Waals surface area contributed by atoms with Crippen LogP contribution < -0.4 is 5.32 Å². The molecule has 144 valence electrons. The van der Waals surface area contributed by atoms with Gasteiger partial charge in [0.25, 0.3) is 5.91 Å². The van der Waals surface area contributed by atoms with Crippen molar-refractivity contribution in [2.75, 3.05) is 5.32 Å². The molecular weight excluding hydrogens is 378 g/mol. The first-order valence-corrected chi connectivity index (χ1v) is 9.12. The molecule has 0 aliphatic rings. The molecule has 3 rings (SSSR count). The molecule has 3 aromatic rings. The lowest BCUT2D eigenvalue weighted by atomic mass is 10.2. The Hall–Kier alpha value is -3.12. The highest BCUT2D eigenvalue weighted by Crippen LogP contribution is 2.20. The number of nitrogens with zero attached hydrogens (tertiary/aromatic N) is 2. The van der Waals surface area contributed by atoms with Crippen LogP contribution >= 0.6 is 11.6 Å². The van der Waals surface area contributed by atoms with E-state index in [9.17, 15) is 9.59 Å². The van der Waals surface area contributed by atoms with E-state index in [1.165, 1.54) is 6.92 Å². The van der Waals surface area contributed by atoms with Crippen LogP contribution in [0.3, 0.4) is 0 Å². The van der Waals surface area contributed by atoms with Crippen LogP contribution in [0.5, 0.6) is 0 Å². The molecule has 1 amide bonds. The van der Waals surface area contributed by atoms with Gasteiger partial charge in [-0.2, -0.15) is 5.10 Å². The number of carbonyl (C=O) groups is 2. The van der Waals surface area contributed by atoms with Gasteiger partial charge in [-0.3, -0.25) is 4.79 Å². The minimum Gasteiger partial charge on any atom is -0.449 e. The van der Waals surface area contributed by atoms with Gasteiger partial charge in [-0.05, 0) is 68.8 Å². The maximum absolute atomic E-state index is 12.4. The number of hydrogen-bond acceptors (Lipinski definition) is 4. The summed E-state index contributed by atoms with van der Waals surface area (Å²) in [4.78, 5) is 24.7. The van der Waals surface area contributed by atoms with E-state index < -0.39 is 18.0 Å². The van der Waals surface area contributed by atoms with Crippen molar-refractivity contribution in [3.05, 3.63) is 76.6 Å². The highest BCUT2D eigenvalue weighted by atomic mass is 35.5. The van der Waals surface area contributed by atoms with E-state index in [4.69, 9.17) is 16.3 Å². The van der Waals surface area contributed by atoms with E-state index in [-0.39, 0.29) is 0 Å². The number of nitrogens with one attached hydrogen (secondary N) is 1. The van der Waals surface area contributed by atoms with Gasteiger partial charge in [-0.1, -0.05) is 17.7 Å². The zero-order valence-electron chi connectivity index (χ0n) is 15.8. The van der Waals surface area contributed by atoms with E-state index in [0.717, 1.165) is 16.9 Å². The van der Waals surface area contributed by atoms with Crippen LogP contribution in [0.4, 0.5) is 5.69 Å². The summed E-state index contributed by atoms with van der Waals surface area (Å²) in [6.07, 6.45) is 0.748. The predicted molar refractivity (Wildman–Crippen MR) is 108 cm³/mol. The number of rotatable bonds is 5. The molecule has 1 heterocycles. The zero-order chi connectivity index (χ0) is 20.3. The maximum Gasteiger partial charge on any atom is 0.338 e. The molecule has 28 heavy (non-hydrogen) atoms. The standard InChI is InChI=1S/C21H20ClN3O3/c1-13-4-7-17(22)12-19(13)24-20(26)15(3)28-21(27)16-5-8-18(9-6-16)25-14(2)10-11-23-25/h4-12,15H,1-3H3,(H,24,26)/t15-/m0/s1. The fraction of sp³-hybridized carbons (Fsp3) is 0.190. The summed E-state index contributed by atoms with van der Waals surface area (Å²) in [6, 6.07) is 13.9. The van der Waals surface area contributed by atoms with E-state index >= 15 is 0 Å². The minimum absolute atomic E-state index is 0.354. The molecule has 0 aliphatic carbocycles. The third-order valence-corrected chi connectivity index (χ3v) is 4.53. The molecule has 0 saturated carbocycles. The number of ether oxygens (including phenoxy) is 1. The van der Waals surface area contributed by atoms with Crippen molar-refractivity contribution in [3.8, 4) is 5.69 Å². The van der Waals surface area contributed by atoms with Gasteiger partial charge in [0.05, 0.1) is 11.3 Å². The van der Waals surface area contributed by atoms with Crippen molar-refractivity contribution in [1.82, 2.24) is 9.78 Å². The number of halogens is 1. The third kappa shape index (κ3) is 4.40. The first-order valence-electron chi connectivity index (χ1n) is 8.74. The van der Waals surface area contributed by atoms with Crippen molar-refractivity contribution in [3.63, 3.8) is 0 Å². The number of carbonyl (C=O) groups excluding carboxylic acids is 2. The van der Waals surface area contributed by atoms with Crippen LogP contribution in [0.2, 0.25) is 5.02 Å². The van der Waals surface area contributed by atoms with Crippen LogP contribution in [0.1, 0.15) is 28.5 Å². The van der Waals surface area contributed by atoms with E-state index in [0.29, 0.717) is 16.3 Å². The number of aryl methyl sites for hydroxylation is 2. The van der Waals surface area contributed by atoms with Crippen molar-refractivity contribution >= 4 is 29.2 Å². The molecule has 0 fully saturated rings. The molecule has 0 radical (unpaired) electrons. The quantitative estimate of drug-likeness (QED) is 0.650. The second-order valence-corrected chi connectivity index (χ2v) is 6.86. The third-order valence-electron chi connectivity index (χ3n) is 4.29. The van der Waals surface area contributed by atoms with Gasteiger partial charge in [-0.15, -0.1) is 0 Å². The molecular formula is C21H20ClN3O3. The van der Waals surface area contributed by atoms with Gasteiger partial charge in [0.1, 0.15) is 0 Å². The first-order chi connectivity index (χ1) is 13.3. The number of amides is 1. The lowest BCUT2D eigenvalue weighted by Gasteiger charge is -2.15. The minimum atomic E-state index is -0.959. The molecule has 1 atom stereocenters. The fourth-order valence-electron chi connectivity index (χ4n) is 2.62. The molecule has 0 unspecified atom stereocenters. The largest absolute Gasteiger partial charge is 0.449 e. The average Bonchev–Trinajstić information content (AvgIpc) is 3.10. The second kappa shape index (κ2) is 8.27. The smallest absolute Gasteiger partial charge is 0.338 e. The van der Waals surface area contributed by atoms with Gasteiger partial charge in [-0.25, -0.2) is 9.48 Å². The molecule has 2 aromatic carbocycles. The van der Waals surface area contributed by atoms with Crippen LogP contribution in [0.25, 0.3) is 5.69 Å². The van der Waals surface area contributed by atoms with Gasteiger partial charge in [0.2, 0.25) is 0 Å². The lowest BCUT2D eigenvalue weighted by molar-refractivity contribution is -0.123. The van der Waals surface area contributed by atoms with Crippen molar-refractivity contribution in [2.45, 2.75) is 26.9 Å². The molecule has 0 aliphatic heterocycles. The Morgan fingerprint density at radius 1 is 1.11 bits per heavy atom. The summed E-state index contributed by atoms with van der Waals surface area (Å²) in [5.74, 6) is -1.00. The summed E-state index contributed by atoms with van der Waals surface area (Å²) in [6.45, 7) is 5.32.